The Morgan fingerprint density at radius 3 is 2.22 bits per heavy atom. The SMILES string of the molecule is CCC(COc1ccc(OC)cc1)CS(=O)(=O)Cl. The van der Waals surface area contributed by atoms with E-state index in [9.17, 15) is 8.42 Å². The second kappa shape index (κ2) is 6.85. The molecule has 0 fully saturated rings. The first-order chi connectivity index (χ1) is 8.44. The van der Waals surface area contributed by atoms with Crippen LogP contribution in [0.25, 0.3) is 0 Å². The van der Waals surface area contributed by atoms with E-state index in [1.165, 1.54) is 0 Å². The van der Waals surface area contributed by atoms with Crippen LogP contribution in [0, 0.1) is 5.92 Å². The normalized spacial score (nSPS) is 13.1. The van der Waals surface area contributed by atoms with Crippen LogP contribution in [0.5, 0.6) is 11.5 Å². The summed E-state index contributed by atoms with van der Waals surface area (Å²) >= 11 is 0. The van der Waals surface area contributed by atoms with Crippen LogP contribution in [0.1, 0.15) is 13.3 Å². The lowest BCUT2D eigenvalue weighted by atomic mass is 10.1. The molecule has 0 amide bonds. The van der Waals surface area contributed by atoms with E-state index in [4.69, 9.17) is 20.2 Å². The van der Waals surface area contributed by atoms with Crippen molar-refractivity contribution in [2.75, 3.05) is 19.5 Å². The Labute approximate surface area is 112 Å². The molecule has 0 aliphatic rings. The van der Waals surface area contributed by atoms with E-state index in [0.29, 0.717) is 18.8 Å². The van der Waals surface area contributed by atoms with Gasteiger partial charge in [-0.15, -0.1) is 0 Å². The first kappa shape index (κ1) is 15.1. The topological polar surface area (TPSA) is 52.6 Å². The fraction of sp³-hybridized carbons (Fsp3) is 0.500. The largest absolute Gasteiger partial charge is 0.497 e. The van der Waals surface area contributed by atoms with Gasteiger partial charge in [-0.05, 0) is 30.7 Å². The standard InChI is InChI=1S/C12H17ClO4S/c1-3-10(9-18(13,14)15)8-17-12-6-4-11(16-2)5-7-12/h4-7,10H,3,8-9H2,1-2H3. The van der Waals surface area contributed by atoms with Crippen molar-refractivity contribution in [2.24, 2.45) is 5.92 Å². The zero-order valence-corrected chi connectivity index (χ0v) is 12.0. The Morgan fingerprint density at radius 1 is 1.22 bits per heavy atom. The third-order valence-corrected chi connectivity index (χ3v) is 3.80. The summed E-state index contributed by atoms with van der Waals surface area (Å²) in [5, 5.41) is 0. The Kier molecular flexibility index (Phi) is 5.75. The van der Waals surface area contributed by atoms with E-state index in [1.54, 1.807) is 31.4 Å². The number of benzene rings is 1. The Morgan fingerprint density at radius 2 is 1.78 bits per heavy atom. The molecule has 1 aromatic carbocycles. The van der Waals surface area contributed by atoms with Gasteiger partial charge in [0.15, 0.2) is 0 Å². The maximum atomic E-state index is 11.0. The maximum absolute atomic E-state index is 11.0. The molecule has 1 aromatic rings. The smallest absolute Gasteiger partial charge is 0.232 e. The summed E-state index contributed by atoms with van der Waals surface area (Å²) in [5.74, 6) is 1.26. The molecule has 4 nitrogen and oxygen atoms in total. The summed E-state index contributed by atoms with van der Waals surface area (Å²) in [6.45, 7) is 2.24. The van der Waals surface area contributed by atoms with E-state index in [1.807, 2.05) is 6.92 Å². The van der Waals surface area contributed by atoms with Gasteiger partial charge in [-0.2, -0.15) is 0 Å². The first-order valence-corrected chi connectivity index (χ1v) is 8.11. The van der Waals surface area contributed by atoms with Crippen molar-refractivity contribution in [2.45, 2.75) is 13.3 Å². The zero-order valence-electron chi connectivity index (χ0n) is 10.4. The number of rotatable bonds is 7. The lowest BCUT2D eigenvalue weighted by Gasteiger charge is -2.14. The molecular formula is C12H17ClO4S. The van der Waals surface area contributed by atoms with Crippen LogP contribution in [0.4, 0.5) is 0 Å². The van der Waals surface area contributed by atoms with Crippen molar-refractivity contribution >= 4 is 19.7 Å². The van der Waals surface area contributed by atoms with Gasteiger partial charge >= 0.3 is 0 Å². The summed E-state index contributed by atoms with van der Waals surface area (Å²) in [6.07, 6.45) is 0.697. The summed E-state index contributed by atoms with van der Waals surface area (Å²) in [4.78, 5) is 0. The Balaban J connectivity index is 2.51. The van der Waals surface area contributed by atoms with Crippen LogP contribution in [0.3, 0.4) is 0 Å². The van der Waals surface area contributed by atoms with Gasteiger partial charge in [0.2, 0.25) is 9.05 Å². The van der Waals surface area contributed by atoms with Gasteiger partial charge in [0.1, 0.15) is 11.5 Å². The van der Waals surface area contributed by atoms with Gasteiger partial charge in [-0.1, -0.05) is 6.92 Å². The highest BCUT2D eigenvalue weighted by Crippen LogP contribution is 2.19. The van der Waals surface area contributed by atoms with Crippen molar-refractivity contribution in [3.63, 3.8) is 0 Å². The van der Waals surface area contributed by atoms with Crippen molar-refractivity contribution in [1.82, 2.24) is 0 Å². The number of hydrogen-bond acceptors (Lipinski definition) is 4. The quantitative estimate of drug-likeness (QED) is 0.725. The first-order valence-electron chi connectivity index (χ1n) is 5.63. The minimum atomic E-state index is -3.48. The van der Waals surface area contributed by atoms with Crippen molar-refractivity contribution in [3.8, 4) is 11.5 Å². The Bertz CT molecular complexity index is 455. The molecule has 0 spiro atoms. The summed E-state index contributed by atoms with van der Waals surface area (Å²) in [5.41, 5.74) is 0. The fourth-order valence-corrected chi connectivity index (χ4v) is 2.88. The second-order valence-electron chi connectivity index (χ2n) is 3.97. The van der Waals surface area contributed by atoms with Crippen molar-refractivity contribution in [3.05, 3.63) is 24.3 Å². The predicted molar refractivity (Wildman–Crippen MR) is 71.9 cm³/mol. The molecule has 0 bridgehead atoms. The molecule has 18 heavy (non-hydrogen) atoms. The minimum absolute atomic E-state index is 0.0682. The van der Waals surface area contributed by atoms with Gasteiger partial charge in [0.05, 0.1) is 19.5 Å². The molecule has 6 heteroatoms. The van der Waals surface area contributed by atoms with Gasteiger partial charge in [0.25, 0.3) is 0 Å². The van der Waals surface area contributed by atoms with Gasteiger partial charge in [-0.25, -0.2) is 8.42 Å². The highest BCUT2D eigenvalue weighted by atomic mass is 35.7. The monoisotopic (exact) mass is 292 g/mol. The van der Waals surface area contributed by atoms with Crippen molar-refractivity contribution in [1.29, 1.82) is 0 Å². The van der Waals surface area contributed by atoms with E-state index in [-0.39, 0.29) is 11.7 Å². The molecule has 102 valence electrons. The third-order valence-electron chi connectivity index (χ3n) is 2.56. The van der Waals surface area contributed by atoms with E-state index in [2.05, 4.69) is 0 Å². The van der Waals surface area contributed by atoms with Crippen LogP contribution >= 0.6 is 10.7 Å². The number of halogens is 1. The summed E-state index contributed by atoms with van der Waals surface area (Å²) in [6, 6.07) is 7.13. The molecule has 0 saturated carbocycles. The van der Waals surface area contributed by atoms with Crippen LogP contribution in [0.2, 0.25) is 0 Å². The highest BCUT2D eigenvalue weighted by molar-refractivity contribution is 8.13. The number of hydrogen-bond donors (Lipinski definition) is 0. The van der Waals surface area contributed by atoms with Crippen LogP contribution < -0.4 is 9.47 Å². The van der Waals surface area contributed by atoms with Crippen LogP contribution in [-0.4, -0.2) is 27.9 Å². The molecule has 0 aromatic heterocycles. The zero-order chi connectivity index (χ0) is 13.6. The van der Waals surface area contributed by atoms with Gasteiger partial charge in [-0.3, -0.25) is 0 Å². The maximum Gasteiger partial charge on any atom is 0.232 e. The molecule has 0 aliphatic carbocycles. The minimum Gasteiger partial charge on any atom is -0.497 e. The van der Waals surface area contributed by atoms with Gasteiger partial charge in [0, 0.05) is 16.6 Å². The molecular weight excluding hydrogens is 276 g/mol. The highest BCUT2D eigenvalue weighted by Gasteiger charge is 2.16. The second-order valence-corrected chi connectivity index (χ2v) is 6.79. The molecule has 0 heterocycles. The lowest BCUT2D eigenvalue weighted by molar-refractivity contribution is 0.257. The lowest BCUT2D eigenvalue weighted by Crippen LogP contribution is -2.18. The number of ether oxygens (including phenoxy) is 2. The average Bonchev–Trinajstić information content (AvgIpc) is 2.33. The molecule has 0 aliphatic heterocycles. The molecule has 1 atom stereocenters. The van der Waals surface area contributed by atoms with Crippen LogP contribution in [-0.2, 0) is 9.05 Å². The molecule has 1 unspecified atom stereocenters. The van der Waals surface area contributed by atoms with E-state index in [0.717, 1.165) is 5.75 Å². The molecule has 0 N–H and O–H groups in total. The predicted octanol–water partition coefficient (Wildman–Crippen LogP) is 2.67. The van der Waals surface area contributed by atoms with E-state index >= 15 is 0 Å². The molecule has 0 saturated heterocycles. The van der Waals surface area contributed by atoms with Crippen molar-refractivity contribution < 1.29 is 17.9 Å². The Hall–Kier alpha value is -0.940. The molecule has 0 radical (unpaired) electrons. The third kappa shape index (κ3) is 5.60. The van der Waals surface area contributed by atoms with E-state index < -0.39 is 9.05 Å². The number of methoxy groups -OCH3 is 1. The van der Waals surface area contributed by atoms with Crippen LogP contribution in [0.15, 0.2) is 24.3 Å². The summed E-state index contributed by atoms with van der Waals surface area (Å²) < 4.78 is 32.5. The van der Waals surface area contributed by atoms with Gasteiger partial charge < -0.3 is 9.47 Å². The average molecular weight is 293 g/mol. The summed E-state index contributed by atoms with van der Waals surface area (Å²) in [7, 11) is 3.34. The fourth-order valence-electron chi connectivity index (χ4n) is 1.45. The molecule has 1 rings (SSSR count).